The Bertz CT molecular complexity index is 862. The average Bonchev–Trinajstić information content (AvgIpc) is 3.22. The molecule has 3 rings (SSSR count). The topological polar surface area (TPSA) is 88.7 Å². The zero-order chi connectivity index (χ0) is 18.2. The van der Waals surface area contributed by atoms with E-state index in [4.69, 9.17) is 4.42 Å². The van der Waals surface area contributed by atoms with Crippen LogP contribution in [-0.4, -0.2) is 59.5 Å². The molecule has 1 aliphatic heterocycles. The van der Waals surface area contributed by atoms with E-state index in [9.17, 15) is 13.2 Å². The molecule has 3 heterocycles. The first-order valence-electron chi connectivity index (χ1n) is 8.23. The van der Waals surface area contributed by atoms with Crippen molar-refractivity contribution < 1.29 is 17.6 Å². The molecule has 0 radical (unpaired) electrons. The molecule has 1 fully saturated rings. The third kappa shape index (κ3) is 3.09. The van der Waals surface area contributed by atoms with Crippen molar-refractivity contribution in [3.05, 3.63) is 35.5 Å². The van der Waals surface area contributed by atoms with Crippen molar-refractivity contribution in [1.82, 2.24) is 19.0 Å². The van der Waals surface area contributed by atoms with Gasteiger partial charge >= 0.3 is 0 Å². The van der Waals surface area contributed by atoms with Gasteiger partial charge in [0.05, 0.1) is 17.7 Å². The smallest absolute Gasteiger partial charge is 0.289 e. The summed E-state index contributed by atoms with van der Waals surface area (Å²) in [6, 6.07) is 3.27. The minimum atomic E-state index is -3.63. The molecule has 0 N–H and O–H groups in total. The van der Waals surface area contributed by atoms with Crippen LogP contribution in [0.1, 0.15) is 28.9 Å². The molecule has 8 nitrogen and oxygen atoms in total. The van der Waals surface area contributed by atoms with Gasteiger partial charge in [0.25, 0.3) is 5.91 Å². The van der Waals surface area contributed by atoms with Gasteiger partial charge in [-0.15, -0.1) is 0 Å². The number of amides is 1. The van der Waals surface area contributed by atoms with Gasteiger partial charge in [-0.25, -0.2) is 8.42 Å². The van der Waals surface area contributed by atoms with Crippen molar-refractivity contribution >= 4 is 15.9 Å². The summed E-state index contributed by atoms with van der Waals surface area (Å²) in [6.07, 6.45) is 1.45. The summed E-state index contributed by atoms with van der Waals surface area (Å²) < 4.78 is 34.3. The van der Waals surface area contributed by atoms with E-state index in [2.05, 4.69) is 5.10 Å². The molecule has 0 aromatic carbocycles. The highest BCUT2D eigenvalue weighted by atomic mass is 32.2. The normalized spacial score (nSPS) is 16.4. The SMILES string of the molecule is CCn1nc(C)c(S(=O)(=O)N2CCN(C(=O)c3ccco3)CC2)c1C. The number of hydrogen-bond donors (Lipinski definition) is 0. The third-order valence-corrected chi connectivity index (χ3v) is 6.62. The van der Waals surface area contributed by atoms with Crippen molar-refractivity contribution in [2.45, 2.75) is 32.2 Å². The molecule has 0 bridgehead atoms. The number of hydrogen-bond acceptors (Lipinski definition) is 5. The standard InChI is InChI=1S/C16H22N4O4S/c1-4-20-13(3)15(12(2)17-20)25(22,23)19-9-7-18(8-10-19)16(21)14-6-5-11-24-14/h5-6,11H,4,7-10H2,1-3H3. The van der Waals surface area contributed by atoms with Gasteiger partial charge in [-0.3, -0.25) is 9.48 Å². The Kier molecular flexibility index (Phi) is 4.70. The Morgan fingerprint density at radius 3 is 2.44 bits per heavy atom. The van der Waals surface area contributed by atoms with Gasteiger partial charge < -0.3 is 9.32 Å². The molecule has 2 aromatic heterocycles. The van der Waals surface area contributed by atoms with Gasteiger partial charge in [0.1, 0.15) is 4.90 Å². The van der Waals surface area contributed by atoms with Crippen LogP contribution in [0.25, 0.3) is 0 Å². The first-order chi connectivity index (χ1) is 11.9. The summed E-state index contributed by atoms with van der Waals surface area (Å²) >= 11 is 0. The number of sulfonamides is 1. The fourth-order valence-electron chi connectivity index (χ4n) is 3.18. The van der Waals surface area contributed by atoms with Gasteiger partial charge in [-0.05, 0) is 32.9 Å². The van der Waals surface area contributed by atoms with E-state index < -0.39 is 10.0 Å². The van der Waals surface area contributed by atoms with Gasteiger partial charge in [-0.2, -0.15) is 9.40 Å². The molecule has 1 aliphatic rings. The van der Waals surface area contributed by atoms with Gasteiger partial charge in [0, 0.05) is 32.7 Å². The second-order valence-electron chi connectivity index (χ2n) is 5.99. The number of furan rings is 1. The van der Waals surface area contributed by atoms with E-state index in [0.29, 0.717) is 31.0 Å². The van der Waals surface area contributed by atoms with Crippen LogP contribution in [0.4, 0.5) is 0 Å². The molecule has 0 aliphatic carbocycles. The lowest BCUT2D eigenvalue weighted by molar-refractivity contribution is 0.0666. The monoisotopic (exact) mass is 366 g/mol. The van der Waals surface area contributed by atoms with Crippen LogP contribution in [0, 0.1) is 13.8 Å². The molecule has 0 atom stereocenters. The van der Waals surface area contributed by atoms with Crippen molar-refractivity contribution in [3.8, 4) is 0 Å². The highest BCUT2D eigenvalue weighted by Gasteiger charge is 2.34. The number of carbonyl (C=O) groups is 1. The number of rotatable bonds is 4. The Balaban J connectivity index is 1.76. The summed E-state index contributed by atoms with van der Waals surface area (Å²) in [5.74, 6) is 0.0560. The Morgan fingerprint density at radius 2 is 1.92 bits per heavy atom. The lowest BCUT2D eigenvalue weighted by Crippen LogP contribution is -2.50. The lowest BCUT2D eigenvalue weighted by atomic mass is 10.3. The van der Waals surface area contributed by atoms with Crippen LogP contribution in [0.2, 0.25) is 0 Å². The molecule has 25 heavy (non-hydrogen) atoms. The highest BCUT2D eigenvalue weighted by molar-refractivity contribution is 7.89. The van der Waals surface area contributed by atoms with Crippen LogP contribution in [0.3, 0.4) is 0 Å². The molecule has 0 spiro atoms. The van der Waals surface area contributed by atoms with Crippen molar-refractivity contribution in [2.24, 2.45) is 0 Å². The summed E-state index contributed by atoms with van der Waals surface area (Å²) in [5, 5.41) is 4.30. The fraction of sp³-hybridized carbons (Fsp3) is 0.500. The van der Waals surface area contributed by atoms with Gasteiger partial charge in [0.2, 0.25) is 10.0 Å². The highest BCUT2D eigenvalue weighted by Crippen LogP contribution is 2.24. The van der Waals surface area contributed by atoms with Crippen LogP contribution in [0.15, 0.2) is 27.7 Å². The number of piperazine rings is 1. The third-order valence-electron chi connectivity index (χ3n) is 4.47. The van der Waals surface area contributed by atoms with E-state index in [1.165, 1.54) is 10.6 Å². The van der Waals surface area contributed by atoms with Crippen LogP contribution in [-0.2, 0) is 16.6 Å². The van der Waals surface area contributed by atoms with Gasteiger partial charge in [0.15, 0.2) is 5.76 Å². The van der Waals surface area contributed by atoms with Crippen LogP contribution < -0.4 is 0 Å². The average molecular weight is 366 g/mol. The first kappa shape index (κ1) is 17.7. The van der Waals surface area contributed by atoms with Crippen molar-refractivity contribution in [3.63, 3.8) is 0 Å². The van der Waals surface area contributed by atoms with Crippen molar-refractivity contribution in [1.29, 1.82) is 0 Å². The molecule has 9 heteroatoms. The number of aryl methyl sites for hydroxylation is 2. The van der Waals surface area contributed by atoms with E-state index in [1.807, 2.05) is 6.92 Å². The molecular weight excluding hydrogens is 344 g/mol. The summed E-state index contributed by atoms with van der Waals surface area (Å²) in [4.78, 5) is 14.2. The fourth-order valence-corrected chi connectivity index (χ4v) is 4.97. The van der Waals surface area contributed by atoms with E-state index in [0.717, 1.165) is 0 Å². The second-order valence-corrected chi connectivity index (χ2v) is 7.86. The summed E-state index contributed by atoms with van der Waals surface area (Å²) in [7, 11) is -3.63. The predicted octanol–water partition coefficient (Wildman–Crippen LogP) is 1.26. The van der Waals surface area contributed by atoms with E-state index in [-0.39, 0.29) is 29.7 Å². The summed E-state index contributed by atoms with van der Waals surface area (Å²) in [6.45, 7) is 7.20. The molecular formula is C16H22N4O4S. The Morgan fingerprint density at radius 1 is 1.24 bits per heavy atom. The lowest BCUT2D eigenvalue weighted by Gasteiger charge is -2.33. The van der Waals surface area contributed by atoms with E-state index >= 15 is 0 Å². The number of carbonyl (C=O) groups excluding carboxylic acids is 1. The minimum absolute atomic E-state index is 0.215. The quantitative estimate of drug-likeness (QED) is 0.813. The maximum atomic E-state index is 13.0. The molecule has 136 valence electrons. The van der Waals surface area contributed by atoms with Crippen LogP contribution >= 0.6 is 0 Å². The van der Waals surface area contributed by atoms with E-state index in [1.54, 1.807) is 35.6 Å². The zero-order valence-electron chi connectivity index (χ0n) is 14.6. The predicted molar refractivity (Wildman–Crippen MR) is 90.7 cm³/mol. The number of aromatic nitrogens is 2. The molecule has 1 saturated heterocycles. The number of nitrogens with zero attached hydrogens (tertiary/aromatic N) is 4. The maximum Gasteiger partial charge on any atom is 0.289 e. The first-order valence-corrected chi connectivity index (χ1v) is 9.67. The molecule has 1 amide bonds. The maximum absolute atomic E-state index is 13.0. The Hall–Kier alpha value is -2.13. The molecule has 0 unspecified atom stereocenters. The van der Waals surface area contributed by atoms with Crippen molar-refractivity contribution in [2.75, 3.05) is 26.2 Å². The largest absolute Gasteiger partial charge is 0.459 e. The Labute approximate surface area is 147 Å². The summed E-state index contributed by atoms with van der Waals surface area (Å²) in [5.41, 5.74) is 1.16. The molecule has 2 aromatic rings. The minimum Gasteiger partial charge on any atom is -0.459 e. The second kappa shape index (κ2) is 6.64. The van der Waals surface area contributed by atoms with Crippen LogP contribution in [0.5, 0.6) is 0 Å². The van der Waals surface area contributed by atoms with Gasteiger partial charge in [-0.1, -0.05) is 0 Å². The molecule has 0 saturated carbocycles. The zero-order valence-corrected chi connectivity index (χ0v) is 15.4.